The van der Waals surface area contributed by atoms with Gasteiger partial charge in [-0.3, -0.25) is 4.79 Å². The van der Waals surface area contributed by atoms with Crippen LogP contribution in [-0.4, -0.2) is 14.3 Å². The molecule has 0 spiro atoms. The van der Waals surface area contributed by atoms with Crippen LogP contribution in [0.25, 0.3) is 0 Å². The third-order valence-electron chi connectivity index (χ3n) is 2.30. The number of sulfonamides is 1. The van der Waals surface area contributed by atoms with Gasteiger partial charge in [-0.2, -0.15) is 0 Å². The van der Waals surface area contributed by atoms with E-state index in [1.165, 1.54) is 18.2 Å². The quantitative estimate of drug-likeness (QED) is 0.870. The zero-order valence-electron chi connectivity index (χ0n) is 9.94. The first-order valence-electron chi connectivity index (χ1n) is 5.46. The molecular weight excluding hydrogens is 276 g/mol. The van der Waals surface area contributed by atoms with Crippen LogP contribution in [0.2, 0.25) is 5.02 Å². The summed E-state index contributed by atoms with van der Waals surface area (Å²) in [6.45, 7) is 1.99. The average Bonchev–Trinajstić information content (AvgIpc) is 2.27. The van der Waals surface area contributed by atoms with Crippen molar-refractivity contribution in [1.29, 1.82) is 0 Å². The Bertz CT molecular complexity index is 543. The second-order valence-corrected chi connectivity index (χ2v) is 5.81. The summed E-state index contributed by atoms with van der Waals surface area (Å²) in [7, 11) is -3.78. The summed E-state index contributed by atoms with van der Waals surface area (Å²) in [6.07, 6.45) is 2.12. The maximum absolute atomic E-state index is 11.5. The minimum Gasteiger partial charge on any atom is -0.325 e. The number of primary sulfonamides is 1. The summed E-state index contributed by atoms with van der Waals surface area (Å²) in [5.41, 5.74) is 0.380. The van der Waals surface area contributed by atoms with Crippen molar-refractivity contribution in [3.8, 4) is 0 Å². The molecule has 1 aromatic rings. The predicted molar refractivity (Wildman–Crippen MR) is 71.0 cm³/mol. The molecular formula is C11H15ClN2O3S. The monoisotopic (exact) mass is 290 g/mol. The fraction of sp³-hybridized carbons (Fsp3) is 0.364. The molecule has 0 saturated carbocycles. The van der Waals surface area contributed by atoms with Crippen molar-refractivity contribution in [2.75, 3.05) is 5.32 Å². The van der Waals surface area contributed by atoms with Crippen LogP contribution in [-0.2, 0) is 14.8 Å². The Hall–Kier alpha value is -1.11. The van der Waals surface area contributed by atoms with Crippen LogP contribution < -0.4 is 10.5 Å². The smallest absolute Gasteiger partial charge is 0.238 e. The van der Waals surface area contributed by atoms with Gasteiger partial charge in [-0.25, -0.2) is 13.6 Å². The third kappa shape index (κ3) is 4.29. The van der Waals surface area contributed by atoms with Crippen LogP contribution >= 0.6 is 11.6 Å². The fourth-order valence-corrected chi connectivity index (χ4v) is 2.16. The Morgan fingerprint density at radius 1 is 1.44 bits per heavy atom. The number of benzene rings is 1. The molecule has 0 bridgehead atoms. The molecule has 0 aliphatic carbocycles. The van der Waals surface area contributed by atoms with Crippen LogP contribution in [0.5, 0.6) is 0 Å². The zero-order valence-corrected chi connectivity index (χ0v) is 11.5. The van der Waals surface area contributed by atoms with E-state index in [1.54, 1.807) is 0 Å². The fourth-order valence-electron chi connectivity index (χ4n) is 1.32. The summed E-state index contributed by atoms with van der Waals surface area (Å²) in [6, 6.07) is 3.94. The summed E-state index contributed by atoms with van der Waals surface area (Å²) < 4.78 is 22.2. The molecule has 1 amide bonds. The van der Waals surface area contributed by atoms with E-state index in [4.69, 9.17) is 16.7 Å². The highest BCUT2D eigenvalue weighted by molar-refractivity contribution is 7.89. The second kappa shape index (κ2) is 6.17. The molecule has 7 heteroatoms. The molecule has 0 saturated heterocycles. The molecule has 5 nitrogen and oxygen atoms in total. The van der Waals surface area contributed by atoms with Gasteiger partial charge in [0.05, 0.1) is 15.6 Å². The molecule has 3 N–H and O–H groups in total. The first-order chi connectivity index (χ1) is 8.34. The number of nitrogens with one attached hydrogen (secondary N) is 1. The Morgan fingerprint density at radius 2 is 2.11 bits per heavy atom. The van der Waals surface area contributed by atoms with E-state index >= 15 is 0 Å². The van der Waals surface area contributed by atoms with E-state index in [9.17, 15) is 13.2 Å². The highest BCUT2D eigenvalue weighted by atomic mass is 35.5. The van der Waals surface area contributed by atoms with E-state index in [1.807, 2.05) is 6.92 Å². The largest absolute Gasteiger partial charge is 0.325 e. The lowest BCUT2D eigenvalue weighted by Gasteiger charge is -2.08. The van der Waals surface area contributed by atoms with E-state index in [0.717, 1.165) is 12.8 Å². The number of halogens is 1. The van der Waals surface area contributed by atoms with Crippen molar-refractivity contribution in [2.45, 2.75) is 31.1 Å². The lowest BCUT2D eigenvalue weighted by atomic mass is 10.2. The minimum absolute atomic E-state index is 0.0842. The van der Waals surface area contributed by atoms with Crippen LogP contribution in [0.3, 0.4) is 0 Å². The van der Waals surface area contributed by atoms with Gasteiger partial charge in [-0.05, 0) is 24.6 Å². The van der Waals surface area contributed by atoms with Gasteiger partial charge in [0.15, 0.2) is 0 Å². The Labute approximate surface area is 111 Å². The lowest BCUT2D eigenvalue weighted by Crippen LogP contribution is -2.14. The molecule has 100 valence electrons. The topological polar surface area (TPSA) is 89.3 Å². The van der Waals surface area contributed by atoms with Crippen molar-refractivity contribution >= 4 is 33.2 Å². The minimum atomic E-state index is -3.78. The Morgan fingerprint density at radius 3 is 2.61 bits per heavy atom. The van der Waals surface area contributed by atoms with Gasteiger partial charge in [0, 0.05) is 6.42 Å². The summed E-state index contributed by atoms with van der Waals surface area (Å²) in [5, 5.41) is 7.73. The van der Waals surface area contributed by atoms with Crippen molar-refractivity contribution in [3.05, 3.63) is 23.2 Å². The van der Waals surface area contributed by atoms with Crippen molar-refractivity contribution in [1.82, 2.24) is 0 Å². The number of hydrogen-bond acceptors (Lipinski definition) is 3. The highest BCUT2D eigenvalue weighted by Crippen LogP contribution is 2.24. The maximum Gasteiger partial charge on any atom is 0.238 e. The standard InChI is InChI=1S/C11H15ClN2O3S/c1-2-3-4-11(15)14-10-6-5-8(7-9(10)12)18(13,16)17/h5-7H,2-4H2,1H3,(H,14,15)(H2,13,16,17). The Kier molecular flexibility index (Phi) is 5.13. The molecule has 0 fully saturated rings. The van der Waals surface area contributed by atoms with Crippen molar-refractivity contribution in [2.24, 2.45) is 5.14 Å². The van der Waals surface area contributed by atoms with Gasteiger partial charge < -0.3 is 5.32 Å². The van der Waals surface area contributed by atoms with Gasteiger partial charge in [0.1, 0.15) is 0 Å². The van der Waals surface area contributed by atoms with Crippen molar-refractivity contribution < 1.29 is 13.2 Å². The molecule has 0 unspecified atom stereocenters. The number of amides is 1. The highest BCUT2D eigenvalue weighted by Gasteiger charge is 2.11. The van der Waals surface area contributed by atoms with Gasteiger partial charge in [0.2, 0.25) is 15.9 Å². The van der Waals surface area contributed by atoms with Crippen LogP contribution in [0.4, 0.5) is 5.69 Å². The second-order valence-electron chi connectivity index (χ2n) is 3.84. The Balaban J connectivity index is 2.84. The lowest BCUT2D eigenvalue weighted by molar-refractivity contribution is -0.116. The number of carbonyl (C=O) groups is 1. The van der Waals surface area contributed by atoms with Gasteiger partial charge >= 0.3 is 0 Å². The summed E-state index contributed by atoms with van der Waals surface area (Å²) in [4.78, 5) is 11.4. The van der Waals surface area contributed by atoms with Gasteiger partial charge in [0.25, 0.3) is 0 Å². The molecule has 0 radical (unpaired) electrons. The van der Waals surface area contributed by atoms with E-state index < -0.39 is 10.0 Å². The summed E-state index contributed by atoms with van der Waals surface area (Å²) >= 11 is 5.88. The average molecular weight is 291 g/mol. The summed E-state index contributed by atoms with van der Waals surface area (Å²) in [5.74, 6) is -0.151. The van der Waals surface area contributed by atoms with E-state index in [-0.39, 0.29) is 15.8 Å². The van der Waals surface area contributed by atoms with E-state index in [0.29, 0.717) is 12.1 Å². The molecule has 1 aromatic carbocycles. The van der Waals surface area contributed by atoms with Crippen LogP contribution in [0.15, 0.2) is 23.1 Å². The molecule has 18 heavy (non-hydrogen) atoms. The van der Waals surface area contributed by atoms with Crippen LogP contribution in [0, 0.1) is 0 Å². The zero-order chi connectivity index (χ0) is 13.8. The van der Waals surface area contributed by atoms with E-state index in [2.05, 4.69) is 5.32 Å². The maximum atomic E-state index is 11.5. The molecule has 0 aromatic heterocycles. The molecule has 1 rings (SSSR count). The van der Waals surface area contributed by atoms with Gasteiger partial charge in [-0.15, -0.1) is 0 Å². The van der Waals surface area contributed by atoms with Crippen LogP contribution in [0.1, 0.15) is 26.2 Å². The first kappa shape index (κ1) is 14.9. The molecule has 0 atom stereocenters. The number of anilines is 1. The number of rotatable bonds is 5. The number of unbranched alkanes of at least 4 members (excludes halogenated alkanes) is 1. The third-order valence-corrected chi connectivity index (χ3v) is 3.52. The number of carbonyl (C=O) groups excluding carboxylic acids is 1. The number of hydrogen-bond donors (Lipinski definition) is 2. The normalized spacial score (nSPS) is 11.3. The first-order valence-corrected chi connectivity index (χ1v) is 7.39. The molecule has 0 aliphatic rings. The predicted octanol–water partition coefficient (Wildman–Crippen LogP) is 2.12. The number of nitrogens with two attached hydrogens (primary N) is 1. The molecule has 0 aliphatic heterocycles. The van der Waals surface area contributed by atoms with Gasteiger partial charge in [-0.1, -0.05) is 24.9 Å². The van der Waals surface area contributed by atoms with Crippen molar-refractivity contribution in [3.63, 3.8) is 0 Å². The SMILES string of the molecule is CCCCC(=O)Nc1ccc(S(N)(=O)=O)cc1Cl. The molecule has 0 heterocycles.